The molecule has 3 nitrogen and oxygen atoms in total. The molecule has 2 atom stereocenters. The number of hydrogen-bond donors (Lipinski definition) is 1. The molecule has 2 fully saturated rings. The molecular formula is C16H21ClN2O. The minimum absolute atomic E-state index is 0.0105. The van der Waals surface area contributed by atoms with Crippen molar-refractivity contribution in [3.63, 3.8) is 0 Å². The van der Waals surface area contributed by atoms with Crippen LogP contribution in [0.4, 0.5) is 10.5 Å². The molecule has 2 amide bonds. The number of anilines is 1. The Morgan fingerprint density at radius 1 is 1.20 bits per heavy atom. The Kier molecular flexibility index (Phi) is 4.16. The molecule has 108 valence electrons. The predicted octanol–water partition coefficient (Wildman–Crippen LogP) is 4.38. The zero-order valence-electron chi connectivity index (χ0n) is 11.6. The monoisotopic (exact) mass is 292 g/mol. The highest BCUT2D eigenvalue weighted by Crippen LogP contribution is 2.36. The first-order valence-corrected chi connectivity index (χ1v) is 7.91. The highest BCUT2D eigenvalue weighted by atomic mass is 35.5. The van der Waals surface area contributed by atoms with Crippen LogP contribution in [-0.4, -0.2) is 24.0 Å². The van der Waals surface area contributed by atoms with Gasteiger partial charge in [0.05, 0.1) is 0 Å². The molecule has 1 aromatic rings. The SMILES string of the molecule is O=C(Nc1cccc(Cl)c1)N1CC[C@@H]2CCCC[C@@H]2C1. The first-order chi connectivity index (χ1) is 9.72. The molecule has 4 heteroatoms. The van der Waals surface area contributed by atoms with Gasteiger partial charge < -0.3 is 10.2 Å². The summed E-state index contributed by atoms with van der Waals surface area (Å²) in [6, 6.07) is 7.33. The number of nitrogens with zero attached hydrogens (tertiary/aromatic N) is 1. The first kappa shape index (κ1) is 13.7. The van der Waals surface area contributed by atoms with Crippen LogP contribution >= 0.6 is 11.6 Å². The van der Waals surface area contributed by atoms with Crippen molar-refractivity contribution in [2.45, 2.75) is 32.1 Å². The van der Waals surface area contributed by atoms with Crippen LogP contribution in [0.1, 0.15) is 32.1 Å². The maximum atomic E-state index is 12.3. The van der Waals surface area contributed by atoms with E-state index in [9.17, 15) is 4.79 Å². The van der Waals surface area contributed by atoms with Crippen molar-refractivity contribution in [2.24, 2.45) is 11.8 Å². The highest BCUT2D eigenvalue weighted by molar-refractivity contribution is 6.30. The molecule has 1 aliphatic carbocycles. The lowest BCUT2D eigenvalue weighted by Gasteiger charge is -2.41. The summed E-state index contributed by atoms with van der Waals surface area (Å²) in [7, 11) is 0. The van der Waals surface area contributed by atoms with Crippen molar-refractivity contribution in [1.82, 2.24) is 4.90 Å². The van der Waals surface area contributed by atoms with E-state index in [0.717, 1.165) is 31.1 Å². The van der Waals surface area contributed by atoms with Gasteiger partial charge in [0.25, 0.3) is 0 Å². The summed E-state index contributed by atoms with van der Waals surface area (Å²) in [5.74, 6) is 1.56. The van der Waals surface area contributed by atoms with E-state index in [-0.39, 0.29) is 6.03 Å². The Morgan fingerprint density at radius 3 is 2.80 bits per heavy atom. The van der Waals surface area contributed by atoms with E-state index >= 15 is 0 Å². The summed E-state index contributed by atoms with van der Waals surface area (Å²) in [4.78, 5) is 14.3. The average Bonchev–Trinajstić information content (AvgIpc) is 2.47. The fourth-order valence-electron chi connectivity index (χ4n) is 3.55. The van der Waals surface area contributed by atoms with Crippen LogP contribution in [-0.2, 0) is 0 Å². The van der Waals surface area contributed by atoms with Crippen LogP contribution in [0, 0.1) is 11.8 Å². The van der Waals surface area contributed by atoms with E-state index in [2.05, 4.69) is 5.32 Å². The Balaban J connectivity index is 1.60. The molecule has 1 N–H and O–H groups in total. The van der Waals surface area contributed by atoms with Crippen molar-refractivity contribution in [3.8, 4) is 0 Å². The number of carbonyl (C=O) groups excluding carboxylic acids is 1. The Morgan fingerprint density at radius 2 is 2.00 bits per heavy atom. The number of halogens is 1. The van der Waals surface area contributed by atoms with E-state index in [1.807, 2.05) is 23.1 Å². The molecule has 0 radical (unpaired) electrons. The lowest BCUT2D eigenvalue weighted by molar-refractivity contribution is 0.108. The fraction of sp³-hybridized carbons (Fsp3) is 0.562. The molecule has 0 bridgehead atoms. The summed E-state index contributed by atoms with van der Waals surface area (Å²) in [6.45, 7) is 1.80. The van der Waals surface area contributed by atoms with E-state index in [1.165, 1.54) is 25.7 Å². The van der Waals surface area contributed by atoms with Gasteiger partial charge in [-0.3, -0.25) is 0 Å². The number of fused-ring (bicyclic) bond motifs is 1. The fourth-order valence-corrected chi connectivity index (χ4v) is 3.74. The van der Waals surface area contributed by atoms with Gasteiger partial charge in [-0.05, 0) is 42.9 Å². The van der Waals surface area contributed by atoms with Crippen LogP contribution in [0.2, 0.25) is 5.02 Å². The molecule has 0 aromatic heterocycles. The number of piperidine rings is 1. The number of likely N-dealkylation sites (tertiary alicyclic amines) is 1. The van der Waals surface area contributed by atoms with E-state index in [1.54, 1.807) is 6.07 Å². The Hall–Kier alpha value is -1.22. The molecule has 1 saturated heterocycles. The lowest BCUT2D eigenvalue weighted by Crippen LogP contribution is -2.46. The second-order valence-electron chi connectivity index (χ2n) is 5.98. The topological polar surface area (TPSA) is 32.3 Å². The maximum Gasteiger partial charge on any atom is 0.321 e. The molecule has 1 heterocycles. The van der Waals surface area contributed by atoms with Gasteiger partial charge in [0.2, 0.25) is 0 Å². The summed E-state index contributed by atoms with van der Waals surface area (Å²) in [6.07, 6.45) is 6.49. The second kappa shape index (κ2) is 6.04. The van der Waals surface area contributed by atoms with Crippen molar-refractivity contribution >= 4 is 23.3 Å². The summed E-state index contributed by atoms with van der Waals surface area (Å²) in [5.41, 5.74) is 0.772. The largest absolute Gasteiger partial charge is 0.324 e. The van der Waals surface area contributed by atoms with E-state index in [0.29, 0.717) is 10.9 Å². The molecule has 1 aromatic carbocycles. The molecule has 0 spiro atoms. The normalized spacial score (nSPS) is 25.9. The molecule has 20 heavy (non-hydrogen) atoms. The van der Waals surface area contributed by atoms with Gasteiger partial charge in [0.15, 0.2) is 0 Å². The van der Waals surface area contributed by atoms with Gasteiger partial charge in [-0.15, -0.1) is 0 Å². The Bertz CT molecular complexity index is 491. The molecule has 1 saturated carbocycles. The minimum atomic E-state index is 0.0105. The molecule has 2 aliphatic rings. The lowest BCUT2D eigenvalue weighted by atomic mass is 9.75. The minimum Gasteiger partial charge on any atom is -0.324 e. The van der Waals surface area contributed by atoms with Gasteiger partial charge in [-0.25, -0.2) is 4.79 Å². The van der Waals surface area contributed by atoms with Crippen molar-refractivity contribution in [2.75, 3.05) is 18.4 Å². The van der Waals surface area contributed by atoms with Gasteiger partial charge in [-0.2, -0.15) is 0 Å². The summed E-state index contributed by atoms with van der Waals surface area (Å²) < 4.78 is 0. The number of rotatable bonds is 1. The number of nitrogens with one attached hydrogen (secondary N) is 1. The van der Waals surface area contributed by atoms with Crippen LogP contribution < -0.4 is 5.32 Å². The molecule has 0 unspecified atom stereocenters. The molecule has 3 rings (SSSR count). The zero-order valence-corrected chi connectivity index (χ0v) is 12.4. The van der Waals surface area contributed by atoms with Crippen LogP contribution in [0.25, 0.3) is 0 Å². The molecule has 1 aliphatic heterocycles. The smallest absolute Gasteiger partial charge is 0.321 e. The number of hydrogen-bond acceptors (Lipinski definition) is 1. The standard InChI is InChI=1S/C16H21ClN2O/c17-14-6-3-7-15(10-14)18-16(20)19-9-8-12-4-1-2-5-13(12)11-19/h3,6-7,10,12-13H,1-2,4-5,8-9,11H2,(H,18,20)/t12-,13+/m0/s1. The summed E-state index contributed by atoms with van der Waals surface area (Å²) >= 11 is 5.94. The van der Waals surface area contributed by atoms with E-state index in [4.69, 9.17) is 11.6 Å². The van der Waals surface area contributed by atoms with E-state index < -0.39 is 0 Å². The second-order valence-corrected chi connectivity index (χ2v) is 6.42. The zero-order chi connectivity index (χ0) is 13.9. The van der Waals surface area contributed by atoms with Crippen LogP contribution in [0.3, 0.4) is 0 Å². The predicted molar refractivity (Wildman–Crippen MR) is 82.1 cm³/mol. The molecular weight excluding hydrogens is 272 g/mol. The number of benzene rings is 1. The number of amides is 2. The van der Waals surface area contributed by atoms with Gasteiger partial charge in [0, 0.05) is 23.8 Å². The number of urea groups is 1. The van der Waals surface area contributed by atoms with Crippen molar-refractivity contribution in [1.29, 1.82) is 0 Å². The Labute approximate surface area is 125 Å². The van der Waals surface area contributed by atoms with Gasteiger partial charge in [0.1, 0.15) is 0 Å². The average molecular weight is 293 g/mol. The third-order valence-corrected chi connectivity index (χ3v) is 4.89. The van der Waals surface area contributed by atoms with Crippen LogP contribution in [0.5, 0.6) is 0 Å². The third-order valence-electron chi connectivity index (χ3n) is 4.65. The number of carbonyl (C=O) groups is 1. The van der Waals surface area contributed by atoms with Crippen LogP contribution in [0.15, 0.2) is 24.3 Å². The van der Waals surface area contributed by atoms with Crippen molar-refractivity contribution < 1.29 is 4.79 Å². The maximum absolute atomic E-state index is 12.3. The highest BCUT2D eigenvalue weighted by Gasteiger charge is 2.32. The third kappa shape index (κ3) is 3.09. The quantitative estimate of drug-likeness (QED) is 0.818. The van der Waals surface area contributed by atoms with Gasteiger partial charge in [-0.1, -0.05) is 36.9 Å². The summed E-state index contributed by atoms with van der Waals surface area (Å²) in [5, 5.41) is 3.60. The first-order valence-electron chi connectivity index (χ1n) is 7.54. The van der Waals surface area contributed by atoms with Gasteiger partial charge >= 0.3 is 6.03 Å². The van der Waals surface area contributed by atoms with Crippen molar-refractivity contribution in [3.05, 3.63) is 29.3 Å².